The number of allylic oxidation sites excluding steroid dienone is 1. The molecule has 0 radical (unpaired) electrons. The summed E-state index contributed by atoms with van der Waals surface area (Å²) in [4.78, 5) is 28.6. The number of hydrogen-bond acceptors (Lipinski definition) is 7. The molecule has 0 aromatic heterocycles. The minimum atomic E-state index is -0.466. The van der Waals surface area contributed by atoms with Crippen molar-refractivity contribution in [1.82, 2.24) is 5.32 Å². The van der Waals surface area contributed by atoms with E-state index < -0.39 is 6.04 Å². The first kappa shape index (κ1) is 22.1. The molecule has 1 atom stereocenters. The molecule has 26 heavy (non-hydrogen) atoms. The summed E-state index contributed by atoms with van der Waals surface area (Å²) in [5.74, 6) is -0.533. The average Bonchev–Trinajstić information content (AvgIpc) is 2.60. The number of amidine groups is 1. The van der Waals surface area contributed by atoms with Crippen LogP contribution in [0.3, 0.4) is 0 Å². The number of nitrogens with zero attached hydrogens (tertiary/aromatic N) is 1. The van der Waals surface area contributed by atoms with Gasteiger partial charge in [0.2, 0.25) is 0 Å². The maximum absolute atomic E-state index is 12.4. The van der Waals surface area contributed by atoms with E-state index in [-0.39, 0.29) is 30.1 Å². The third-order valence-electron chi connectivity index (χ3n) is 3.46. The summed E-state index contributed by atoms with van der Waals surface area (Å²) in [5, 5.41) is 3.66. The molecule has 8 heteroatoms. The molecule has 0 saturated heterocycles. The zero-order chi connectivity index (χ0) is 18.2. The SMILES string of the molecule is CCOC(=O)CSC1=NC(c2ccccc2)C(C(=O)OCC)=C(C)N1.Cl. The number of hydrogen-bond donors (Lipinski definition) is 1. The molecule has 1 unspecified atom stereocenters. The molecular formula is C18H23ClN2O4S. The van der Waals surface area contributed by atoms with Gasteiger partial charge in [-0.25, -0.2) is 9.79 Å². The number of carbonyl (C=O) groups excluding carboxylic acids is 2. The van der Waals surface area contributed by atoms with Crippen LogP contribution in [-0.2, 0) is 19.1 Å². The number of thioether (sulfide) groups is 1. The number of rotatable bonds is 6. The number of nitrogens with one attached hydrogen (secondary N) is 1. The van der Waals surface area contributed by atoms with Crippen molar-refractivity contribution in [2.45, 2.75) is 26.8 Å². The van der Waals surface area contributed by atoms with Gasteiger partial charge in [-0.1, -0.05) is 42.1 Å². The predicted octanol–water partition coefficient (Wildman–Crippen LogP) is 3.24. The van der Waals surface area contributed by atoms with Crippen molar-refractivity contribution in [2.75, 3.05) is 19.0 Å². The summed E-state index contributed by atoms with van der Waals surface area (Å²) in [5.41, 5.74) is 2.04. The quantitative estimate of drug-likeness (QED) is 0.741. The number of benzene rings is 1. The highest BCUT2D eigenvalue weighted by molar-refractivity contribution is 8.14. The number of aliphatic imine (C=N–C) groups is 1. The van der Waals surface area contributed by atoms with Gasteiger partial charge < -0.3 is 14.8 Å². The lowest BCUT2D eigenvalue weighted by Crippen LogP contribution is -2.31. The van der Waals surface area contributed by atoms with Crippen molar-refractivity contribution < 1.29 is 19.1 Å². The van der Waals surface area contributed by atoms with Gasteiger partial charge in [0.25, 0.3) is 0 Å². The minimum Gasteiger partial charge on any atom is -0.465 e. The van der Waals surface area contributed by atoms with E-state index in [1.807, 2.05) is 37.3 Å². The van der Waals surface area contributed by atoms with Gasteiger partial charge in [0.05, 0.1) is 24.5 Å². The highest BCUT2D eigenvalue weighted by Gasteiger charge is 2.30. The topological polar surface area (TPSA) is 77.0 Å². The summed E-state index contributed by atoms with van der Waals surface area (Å²) in [6.07, 6.45) is 0. The van der Waals surface area contributed by atoms with Gasteiger partial charge in [-0.2, -0.15) is 0 Å². The van der Waals surface area contributed by atoms with Gasteiger partial charge in [-0.15, -0.1) is 12.4 Å². The fraction of sp³-hybridized carbons (Fsp3) is 0.389. The van der Waals surface area contributed by atoms with Crippen molar-refractivity contribution in [3.05, 3.63) is 47.2 Å². The van der Waals surface area contributed by atoms with Crippen LogP contribution >= 0.6 is 24.2 Å². The van der Waals surface area contributed by atoms with Crippen LogP contribution in [0.25, 0.3) is 0 Å². The number of carbonyl (C=O) groups is 2. The third kappa shape index (κ3) is 5.78. The molecule has 0 amide bonds. The summed E-state index contributed by atoms with van der Waals surface area (Å²) in [6, 6.07) is 9.07. The maximum atomic E-state index is 12.4. The monoisotopic (exact) mass is 398 g/mol. The summed E-state index contributed by atoms with van der Waals surface area (Å²) >= 11 is 1.25. The van der Waals surface area contributed by atoms with Crippen LogP contribution in [0.2, 0.25) is 0 Å². The van der Waals surface area contributed by atoms with Gasteiger partial charge >= 0.3 is 11.9 Å². The Bertz CT molecular complexity index is 692. The van der Waals surface area contributed by atoms with Crippen LogP contribution in [0.15, 0.2) is 46.6 Å². The predicted molar refractivity (Wildman–Crippen MR) is 105 cm³/mol. The van der Waals surface area contributed by atoms with E-state index >= 15 is 0 Å². The molecular weight excluding hydrogens is 376 g/mol. The summed E-state index contributed by atoms with van der Waals surface area (Å²) in [6.45, 7) is 5.99. The Morgan fingerprint density at radius 1 is 1.15 bits per heavy atom. The molecule has 0 bridgehead atoms. The van der Waals surface area contributed by atoms with E-state index in [2.05, 4.69) is 10.3 Å². The fourth-order valence-electron chi connectivity index (χ4n) is 2.40. The first-order chi connectivity index (χ1) is 12.1. The number of esters is 2. The Morgan fingerprint density at radius 2 is 1.81 bits per heavy atom. The normalized spacial score (nSPS) is 16.1. The molecule has 0 spiro atoms. The van der Waals surface area contributed by atoms with Gasteiger partial charge in [-0.05, 0) is 26.3 Å². The van der Waals surface area contributed by atoms with Gasteiger partial charge in [0, 0.05) is 5.70 Å². The second-order valence-corrected chi connectivity index (χ2v) is 6.19. The van der Waals surface area contributed by atoms with E-state index in [0.29, 0.717) is 29.7 Å². The van der Waals surface area contributed by atoms with Crippen LogP contribution in [0.5, 0.6) is 0 Å². The van der Waals surface area contributed by atoms with Crippen LogP contribution in [0.1, 0.15) is 32.4 Å². The molecule has 0 aliphatic carbocycles. The minimum absolute atomic E-state index is 0. The van der Waals surface area contributed by atoms with E-state index in [1.54, 1.807) is 13.8 Å². The highest BCUT2D eigenvalue weighted by atomic mass is 35.5. The van der Waals surface area contributed by atoms with Crippen LogP contribution in [0.4, 0.5) is 0 Å². The van der Waals surface area contributed by atoms with Crippen LogP contribution < -0.4 is 5.32 Å². The second-order valence-electron chi connectivity index (χ2n) is 5.23. The Morgan fingerprint density at radius 3 is 2.42 bits per heavy atom. The zero-order valence-electron chi connectivity index (χ0n) is 15.0. The van der Waals surface area contributed by atoms with Crippen LogP contribution in [-0.4, -0.2) is 36.1 Å². The smallest absolute Gasteiger partial charge is 0.338 e. The molecule has 1 aromatic rings. The van der Waals surface area contributed by atoms with E-state index in [4.69, 9.17) is 9.47 Å². The van der Waals surface area contributed by atoms with Gasteiger partial charge in [0.1, 0.15) is 6.04 Å². The molecule has 1 N–H and O–H groups in total. The Labute approximate surface area is 163 Å². The average molecular weight is 399 g/mol. The largest absolute Gasteiger partial charge is 0.465 e. The molecule has 1 aliphatic rings. The molecule has 2 rings (SSSR count). The molecule has 6 nitrogen and oxygen atoms in total. The molecule has 0 fully saturated rings. The van der Waals surface area contributed by atoms with E-state index in [9.17, 15) is 9.59 Å². The van der Waals surface area contributed by atoms with Crippen molar-refractivity contribution >= 4 is 41.3 Å². The van der Waals surface area contributed by atoms with Crippen molar-refractivity contribution in [3.63, 3.8) is 0 Å². The zero-order valence-corrected chi connectivity index (χ0v) is 16.6. The molecule has 1 heterocycles. The molecule has 142 valence electrons. The summed E-state index contributed by atoms with van der Waals surface area (Å²) in [7, 11) is 0. The van der Waals surface area contributed by atoms with E-state index in [1.165, 1.54) is 11.8 Å². The number of ether oxygens (including phenoxy) is 2. The third-order valence-corrected chi connectivity index (χ3v) is 4.32. The lowest BCUT2D eigenvalue weighted by molar-refractivity contribution is -0.140. The van der Waals surface area contributed by atoms with Crippen molar-refractivity contribution in [2.24, 2.45) is 4.99 Å². The van der Waals surface area contributed by atoms with Crippen molar-refractivity contribution in [1.29, 1.82) is 0 Å². The van der Waals surface area contributed by atoms with Crippen LogP contribution in [0, 0.1) is 0 Å². The first-order valence-electron chi connectivity index (χ1n) is 8.12. The standard InChI is InChI=1S/C18H22N2O4S.ClH/c1-4-23-14(21)11-25-18-19-12(3)15(17(22)24-5-2)16(20-18)13-9-7-6-8-10-13;/h6-10,16H,4-5,11H2,1-3H3,(H,19,20);1H. The van der Waals surface area contributed by atoms with E-state index in [0.717, 1.165) is 5.56 Å². The maximum Gasteiger partial charge on any atom is 0.338 e. The summed E-state index contributed by atoms with van der Waals surface area (Å²) < 4.78 is 10.1. The lowest BCUT2D eigenvalue weighted by atomic mass is 9.97. The first-order valence-corrected chi connectivity index (χ1v) is 9.11. The number of halogens is 1. The molecule has 1 aliphatic heterocycles. The van der Waals surface area contributed by atoms with Gasteiger partial charge in [-0.3, -0.25) is 4.79 Å². The Balaban J connectivity index is 0.00000338. The molecule has 1 aromatic carbocycles. The highest BCUT2D eigenvalue weighted by Crippen LogP contribution is 2.32. The fourth-order valence-corrected chi connectivity index (χ4v) is 3.14. The van der Waals surface area contributed by atoms with Gasteiger partial charge in [0.15, 0.2) is 5.17 Å². The Hall–Kier alpha value is -1.99. The Kier molecular flexibility index (Phi) is 9.23. The lowest BCUT2D eigenvalue weighted by Gasteiger charge is -2.25. The molecule has 0 saturated carbocycles. The van der Waals surface area contributed by atoms with Crippen molar-refractivity contribution in [3.8, 4) is 0 Å². The second kappa shape index (κ2) is 10.9.